The van der Waals surface area contributed by atoms with Crippen LogP contribution in [0.1, 0.15) is 6.42 Å². The monoisotopic (exact) mass is 396 g/mol. The van der Waals surface area contributed by atoms with E-state index in [4.69, 9.17) is 0 Å². The Morgan fingerprint density at radius 3 is 2.65 bits per heavy atom. The van der Waals surface area contributed by atoms with Gasteiger partial charge in [0.2, 0.25) is 5.95 Å². The van der Waals surface area contributed by atoms with Crippen molar-refractivity contribution in [3.8, 4) is 0 Å². The van der Waals surface area contributed by atoms with E-state index >= 15 is 0 Å². The fraction of sp³-hybridized carbons (Fsp3) is 0.333. The summed E-state index contributed by atoms with van der Waals surface area (Å²) >= 11 is 3.40. The molecular formula is C15H17BrN4O2S. The summed E-state index contributed by atoms with van der Waals surface area (Å²) in [7, 11) is -1.09. The number of sulfone groups is 1. The van der Waals surface area contributed by atoms with Crippen molar-refractivity contribution in [2.75, 3.05) is 28.8 Å². The van der Waals surface area contributed by atoms with E-state index in [1.165, 1.54) is 0 Å². The molecule has 1 aromatic carbocycles. The molecule has 23 heavy (non-hydrogen) atoms. The molecule has 0 radical (unpaired) electrons. The minimum Gasteiger partial charge on any atom is -0.340 e. The molecule has 0 amide bonds. The molecule has 1 atom stereocenters. The molecule has 6 nitrogen and oxygen atoms in total. The highest BCUT2D eigenvalue weighted by molar-refractivity contribution is 9.10. The molecule has 1 aliphatic heterocycles. The van der Waals surface area contributed by atoms with Gasteiger partial charge in [0.1, 0.15) is 5.82 Å². The molecule has 122 valence electrons. The number of hydrogen-bond donors (Lipinski definition) is 1. The molecule has 0 spiro atoms. The lowest BCUT2D eigenvalue weighted by Crippen LogP contribution is -2.33. The molecule has 1 saturated heterocycles. The third-order valence-corrected chi connectivity index (χ3v) is 6.11. The van der Waals surface area contributed by atoms with Gasteiger partial charge in [0.05, 0.1) is 11.5 Å². The quantitative estimate of drug-likeness (QED) is 0.855. The Hall–Kier alpha value is -1.67. The predicted molar refractivity (Wildman–Crippen MR) is 94.9 cm³/mol. The maximum absolute atomic E-state index is 11.6. The van der Waals surface area contributed by atoms with Gasteiger partial charge in [-0.15, -0.1) is 0 Å². The summed E-state index contributed by atoms with van der Waals surface area (Å²) in [5.74, 6) is 1.59. The van der Waals surface area contributed by atoms with Gasteiger partial charge in [-0.3, -0.25) is 0 Å². The van der Waals surface area contributed by atoms with E-state index in [2.05, 4.69) is 31.2 Å². The maximum atomic E-state index is 11.6. The van der Waals surface area contributed by atoms with Crippen LogP contribution in [-0.4, -0.2) is 43.0 Å². The first-order valence-corrected chi connectivity index (χ1v) is 9.83. The summed E-state index contributed by atoms with van der Waals surface area (Å²) in [6.07, 6.45) is 2.29. The lowest BCUT2D eigenvalue weighted by atomic mass is 10.2. The van der Waals surface area contributed by atoms with Crippen molar-refractivity contribution in [2.45, 2.75) is 12.5 Å². The Balaban J connectivity index is 1.75. The van der Waals surface area contributed by atoms with E-state index in [1.807, 2.05) is 36.2 Å². The van der Waals surface area contributed by atoms with E-state index in [0.717, 1.165) is 10.2 Å². The number of rotatable bonds is 4. The molecule has 0 bridgehead atoms. The molecule has 1 aromatic heterocycles. The van der Waals surface area contributed by atoms with Crippen molar-refractivity contribution in [2.24, 2.45) is 0 Å². The first-order valence-electron chi connectivity index (χ1n) is 7.22. The second kappa shape index (κ2) is 6.45. The highest BCUT2D eigenvalue weighted by atomic mass is 79.9. The van der Waals surface area contributed by atoms with Gasteiger partial charge in [-0.1, -0.05) is 15.9 Å². The van der Waals surface area contributed by atoms with Crippen LogP contribution in [0.25, 0.3) is 0 Å². The van der Waals surface area contributed by atoms with E-state index < -0.39 is 9.84 Å². The average molecular weight is 397 g/mol. The number of nitrogens with zero attached hydrogens (tertiary/aromatic N) is 3. The molecular weight excluding hydrogens is 380 g/mol. The zero-order valence-corrected chi connectivity index (χ0v) is 15.0. The number of nitrogens with one attached hydrogen (secondary N) is 1. The van der Waals surface area contributed by atoms with Gasteiger partial charge in [-0.2, -0.15) is 4.98 Å². The van der Waals surface area contributed by atoms with Gasteiger partial charge in [0.15, 0.2) is 9.84 Å². The van der Waals surface area contributed by atoms with Crippen molar-refractivity contribution < 1.29 is 8.42 Å². The number of halogens is 1. The maximum Gasteiger partial charge on any atom is 0.227 e. The zero-order chi connectivity index (χ0) is 16.4. The minimum absolute atomic E-state index is 0.0667. The molecule has 1 fully saturated rings. The van der Waals surface area contributed by atoms with Crippen molar-refractivity contribution in [3.63, 3.8) is 0 Å². The topological polar surface area (TPSA) is 75.2 Å². The summed E-state index contributed by atoms with van der Waals surface area (Å²) in [5.41, 5.74) is 0.920. The fourth-order valence-electron chi connectivity index (χ4n) is 2.51. The van der Waals surface area contributed by atoms with E-state index in [9.17, 15) is 8.42 Å². The van der Waals surface area contributed by atoms with E-state index in [1.54, 1.807) is 12.3 Å². The van der Waals surface area contributed by atoms with Crippen LogP contribution in [0.15, 0.2) is 41.0 Å². The van der Waals surface area contributed by atoms with Crippen LogP contribution in [-0.2, 0) is 9.84 Å². The summed E-state index contributed by atoms with van der Waals surface area (Å²) in [4.78, 5) is 10.6. The lowest BCUT2D eigenvalue weighted by Gasteiger charge is -2.23. The molecule has 1 unspecified atom stereocenters. The van der Waals surface area contributed by atoms with Crippen molar-refractivity contribution in [1.29, 1.82) is 0 Å². The van der Waals surface area contributed by atoms with Crippen molar-refractivity contribution >= 4 is 43.2 Å². The number of benzene rings is 1. The summed E-state index contributed by atoms with van der Waals surface area (Å²) in [6, 6.07) is 9.49. The van der Waals surface area contributed by atoms with Crippen LogP contribution in [0.4, 0.5) is 17.5 Å². The van der Waals surface area contributed by atoms with E-state index in [0.29, 0.717) is 18.2 Å². The van der Waals surface area contributed by atoms with Crippen LogP contribution >= 0.6 is 15.9 Å². The van der Waals surface area contributed by atoms with Crippen LogP contribution < -0.4 is 10.2 Å². The Bertz CT molecular complexity index is 795. The number of anilines is 3. The lowest BCUT2D eigenvalue weighted by molar-refractivity contribution is 0.600. The minimum atomic E-state index is -2.93. The molecule has 2 heterocycles. The van der Waals surface area contributed by atoms with Gasteiger partial charge in [0, 0.05) is 29.4 Å². The number of hydrogen-bond acceptors (Lipinski definition) is 6. The Kier molecular flexibility index (Phi) is 4.54. The van der Waals surface area contributed by atoms with Gasteiger partial charge < -0.3 is 10.2 Å². The molecule has 3 rings (SSSR count). The Morgan fingerprint density at radius 1 is 1.26 bits per heavy atom. The van der Waals surface area contributed by atoms with Crippen molar-refractivity contribution in [3.05, 3.63) is 41.0 Å². The molecule has 2 aromatic rings. The second-order valence-corrected chi connectivity index (χ2v) is 8.69. The van der Waals surface area contributed by atoms with Crippen LogP contribution in [0.5, 0.6) is 0 Å². The van der Waals surface area contributed by atoms with E-state index in [-0.39, 0.29) is 17.5 Å². The van der Waals surface area contributed by atoms with Gasteiger partial charge in [0.25, 0.3) is 0 Å². The average Bonchev–Trinajstić information content (AvgIpc) is 2.89. The summed E-state index contributed by atoms with van der Waals surface area (Å²) in [5, 5.41) is 3.22. The Labute approximate surface area is 144 Å². The smallest absolute Gasteiger partial charge is 0.227 e. The van der Waals surface area contributed by atoms with Gasteiger partial charge >= 0.3 is 0 Å². The second-order valence-electron chi connectivity index (χ2n) is 5.54. The summed E-state index contributed by atoms with van der Waals surface area (Å²) in [6.45, 7) is 0. The molecule has 0 saturated carbocycles. The van der Waals surface area contributed by atoms with Crippen LogP contribution in [0.3, 0.4) is 0 Å². The largest absolute Gasteiger partial charge is 0.340 e. The SMILES string of the molecule is CN(c1nccc(Nc2ccc(Br)cc2)n1)C1CCS(=O)(=O)C1. The third-order valence-electron chi connectivity index (χ3n) is 3.83. The predicted octanol–water partition coefficient (Wildman–Crippen LogP) is 2.61. The number of aromatic nitrogens is 2. The fourth-order valence-corrected chi connectivity index (χ4v) is 4.55. The highest BCUT2D eigenvalue weighted by Crippen LogP contribution is 2.22. The van der Waals surface area contributed by atoms with Crippen LogP contribution in [0.2, 0.25) is 0 Å². The van der Waals surface area contributed by atoms with Gasteiger partial charge in [-0.05, 0) is 36.8 Å². The molecule has 0 aliphatic carbocycles. The van der Waals surface area contributed by atoms with Gasteiger partial charge in [-0.25, -0.2) is 13.4 Å². The third kappa shape index (κ3) is 4.00. The molecule has 1 N–H and O–H groups in total. The first kappa shape index (κ1) is 16.2. The zero-order valence-electron chi connectivity index (χ0n) is 12.6. The first-order chi connectivity index (χ1) is 10.9. The van der Waals surface area contributed by atoms with Crippen molar-refractivity contribution in [1.82, 2.24) is 9.97 Å². The Morgan fingerprint density at radius 2 is 2.00 bits per heavy atom. The summed E-state index contributed by atoms with van der Waals surface area (Å²) < 4.78 is 24.3. The normalized spacial score (nSPS) is 19.5. The highest BCUT2D eigenvalue weighted by Gasteiger charge is 2.31. The van der Waals surface area contributed by atoms with Crippen LogP contribution in [0, 0.1) is 0 Å². The molecule has 8 heteroatoms. The standard InChI is InChI=1S/C15H17BrN4O2S/c1-20(13-7-9-23(21,22)10-13)15-17-8-6-14(19-15)18-12-4-2-11(16)3-5-12/h2-6,8,13H,7,9-10H2,1H3,(H,17,18,19). The molecule has 1 aliphatic rings.